The monoisotopic (exact) mass is 1600 g/mol. The Hall–Kier alpha value is -15.6. The van der Waals surface area contributed by atoms with Crippen molar-refractivity contribution in [2.24, 2.45) is 0 Å². The predicted molar refractivity (Wildman–Crippen MR) is 537 cm³/mol. The van der Waals surface area contributed by atoms with Crippen molar-refractivity contribution in [1.82, 2.24) is 0 Å². The largest absolute Gasteiger partial charge is 0.0622 e. The van der Waals surface area contributed by atoms with Crippen molar-refractivity contribution in [3.8, 4) is 167 Å². The first-order valence-corrected chi connectivity index (χ1v) is 43.2. The highest BCUT2D eigenvalue weighted by Crippen LogP contribution is 2.43. The second-order valence-corrected chi connectivity index (χ2v) is 31.6. The van der Waals surface area contributed by atoms with Gasteiger partial charge in [-0.05, 0) is 266 Å². The van der Waals surface area contributed by atoms with Crippen LogP contribution in [0.15, 0.2) is 516 Å². The van der Waals surface area contributed by atoms with Gasteiger partial charge >= 0.3 is 0 Å². The summed E-state index contributed by atoms with van der Waals surface area (Å²) in [7, 11) is 0. The predicted octanol–water partition coefficient (Wildman–Crippen LogP) is 35.0. The van der Waals surface area contributed by atoms with E-state index in [4.69, 9.17) is 0 Å². The lowest BCUT2D eigenvalue weighted by Gasteiger charge is -2.16. The Labute approximate surface area is 739 Å². The molecule has 0 saturated carbocycles. The summed E-state index contributed by atoms with van der Waals surface area (Å²) in [6.45, 7) is 10.9. The molecule has 0 atom stereocenters. The van der Waals surface area contributed by atoms with E-state index >= 15 is 0 Å². The standard InChI is InChI=1S/5C25H20/c1-19-24(21-13-7-3-8-14-21)17-23(20-11-5-2-6-12-20)18-25(19)22-15-9-4-10-16-22;1-19-17-24(21-13-7-3-8-14-21)25(22-15-9-4-10-16-22)18-23(19)20-11-5-2-6-12-20;1-19-17-23(20-11-5-2-6-12-20)18-24(21-13-7-3-8-14-21)25(19)22-15-9-4-10-16-22;1-19-9-5-6-16-25(19)24-15-8-14-23(18-24)22-13-7-12-21(17-22)20-10-3-2-4-11-20;1-19-14-16-21(17-15-19)24-12-5-6-13-25(24)23-11-7-10-22(18-23)20-8-3-2-4-9-20/h5*2-18H,1H3. The Morgan fingerprint density at radius 3 is 0.744 bits per heavy atom. The lowest BCUT2D eigenvalue weighted by atomic mass is 9.88. The van der Waals surface area contributed by atoms with Crippen LogP contribution in [-0.4, -0.2) is 0 Å². The molecule has 600 valence electrons. The third-order valence-electron chi connectivity index (χ3n) is 23.1. The molecule has 125 heavy (non-hydrogen) atoms. The van der Waals surface area contributed by atoms with Gasteiger partial charge in [-0.15, -0.1) is 0 Å². The molecular formula is C125H100. The van der Waals surface area contributed by atoms with Crippen molar-refractivity contribution in [3.05, 3.63) is 543 Å². The van der Waals surface area contributed by atoms with Crippen LogP contribution in [0, 0.1) is 34.6 Å². The van der Waals surface area contributed by atoms with Crippen molar-refractivity contribution in [1.29, 1.82) is 0 Å². The maximum absolute atomic E-state index is 2.34. The maximum Gasteiger partial charge on any atom is -0.00757 e. The van der Waals surface area contributed by atoms with Gasteiger partial charge in [-0.1, -0.05) is 479 Å². The van der Waals surface area contributed by atoms with Gasteiger partial charge in [0.2, 0.25) is 0 Å². The molecule has 20 rings (SSSR count). The van der Waals surface area contributed by atoms with E-state index in [1.165, 1.54) is 195 Å². The average molecular weight is 1600 g/mol. The molecule has 0 radical (unpaired) electrons. The molecule has 0 unspecified atom stereocenters. The molecule has 0 amide bonds. The second-order valence-electron chi connectivity index (χ2n) is 31.6. The Morgan fingerprint density at radius 1 is 0.104 bits per heavy atom. The zero-order valence-corrected chi connectivity index (χ0v) is 71.6. The van der Waals surface area contributed by atoms with Crippen molar-refractivity contribution in [3.63, 3.8) is 0 Å². The summed E-state index contributed by atoms with van der Waals surface area (Å²) in [6.07, 6.45) is 0. The molecule has 0 aliphatic heterocycles. The zero-order chi connectivity index (χ0) is 85.3. The lowest BCUT2D eigenvalue weighted by Crippen LogP contribution is -1.91. The zero-order valence-electron chi connectivity index (χ0n) is 71.6. The topological polar surface area (TPSA) is 0 Å². The van der Waals surface area contributed by atoms with E-state index in [1.54, 1.807) is 0 Å². The molecule has 0 aliphatic rings. The van der Waals surface area contributed by atoms with Crippen molar-refractivity contribution < 1.29 is 0 Å². The number of benzene rings is 20. The Bertz CT molecular complexity index is 6770. The quantitative estimate of drug-likeness (QED) is 0.0960. The highest BCUT2D eigenvalue weighted by molar-refractivity contribution is 5.92. The van der Waals surface area contributed by atoms with Crippen LogP contribution >= 0.6 is 0 Å². The van der Waals surface area contributed by atoms with Gasteiger partial charge in [-0.3, -0.25) is 0 Å². The summed E-state index contributed by atoms with van der Waals surface area (Å²) in [5, 5.41) is 0. The van der Waals surface area contributed by atoms with Crippen LogP contribution in [0.5, 0.6) is 0 Å². The normalized spacial score (nSPS) is 10.6. The second kappa shape index (κ2) is 41.1. The maximum atomic E-state index is 2.34. The number of hydrogen-bond acceptors (Lipinski definition) is 0. The van der Waals surface area contributed by atoms with E-state index in [1.807, 2.05) is 0 Å². The van der Waals surface area contributed by atoms with Crippen LogP contribution < -0.4 is 0 Å². The van der Waals surface area contributed by atoms with Crippen LogP contribution in [0.4, 0.5) is 0 Å². The molecule has 0 fully saturated rings. The van der Waals surface area contributed by atoms with Gasteiger partial charge in [0, 0.05) is 0 Å². The SMILES string of the molecule is Cc1c(-c2ccccc2)cc(-c2ccccc2)cc1-c1ccccc1.Cc1cc(-c2ccccc2)c(-c2ccccc2)cc1-c1ccccc1.Cc1cc(-c2ccccc2)cc(-c2ccccc2)c1-c1ccccc1.Cc1ccc(-c2ccccc2-c2cccc(-c3ccccc3)c2)cc1.Cc1ccccc1-c1cccc(-c2cccc(-c3ccccc3)c2)c1. The summed E-state index contributed by atoms with van der Waals surface area (Å²) < 4.78 is 0. The van der Waals surface area contributed by atoms with Crippen molar-refractivity contribution >= 4 is 0 Å². The number of hydrogen-bond donors (Lipinski definition) is 0. The Kier molecular flexibility index (Phi) is 27.3. The molecule has 0 heterocycles. The van der Waals surface area contributed by atoms with Gasteiger partial charge < -0.3 is 0 Å². The fourth-order valence-electron chi connectivity index (χ4n) is 16.6. The highest BCUT2D eigenvalue weighted by atomic mass is 14.2. The van der Waals surface area contributed by atoms with E-state index < -0.39 is 0 Å². The first-order chi connectivity index (χ1) is 61.6. The highest BCUT2D eigenvalue weighted by Gasteiger charge is 2.18. The molecule has 0 heteroatoms. The summed E-state index contributed by atoms with van der Waals surface area (Å²) in [5.74, 6) is 0. The minimum atomic E-state index is 1.25. The number of aryl methyl sites for hydroxylation is 4. The molecule has 0 bridgehead atoms. The summed E-state index contributed by atoms with van der Waals surface area (Å²) in [5.41, 5.74) is 44.4. The van der Waals surface area contributed by atoms with Gasteiger partial charge in [-0.25, -0.2) is 0 Å². The van der Waals surface area contributed by atoms with Crippen molar-refractivity contribution in [2.45, 2.75) is 34.6 Å². The molecule has 0 aliphatic carbocycles. The third kappa shape index (κ3) is 20.9. The van der Waals surface area contributed by atoms with E-state index in [2.05, 4.69) is 550 Å². The van der Waals surface area contributed by atoms with Crippen molar-refractivity contribution in [2.75, 3.05) is 0 Å². The van der Waals surface area contributed by atoms with Gasteiger partial charge in [0.05, 0.1) is 0 Å². The first-order valence-electron chi connectivity index (χ1n) is 43.2. The summed E-state index contributed by atoms with van der Waals surface area (Å²) in [6, 6.07) is 183. The van der Waals surface area contributed by atoms with Gasteiger partial charge in [0.1, 0.15) is 0 Å². The third-order valence-corrected chi connectivity index (χ3v) is 23.1. The number of rotatable bonds is 15. The summed E-state index contributed by atoms with van der Waals surface area (Å²) >= 11 is 0. The van der Waals surface area contributed by atoms with Crippen LogP contribution in [0.25, 0.3) is 167 Å². The Morgan fingerprint density at radius 2 is 0.352 bits per heavy atom. The molecule has 0 saturated heterocycles. The smallest absolute Gasteiger partial charge is 0.00757 e. The lowest BCUT2D eigenvalue weighted by molar-refractivity contribution is 1.44. The van der Waals surface area contributed by atoms with E-state index in [0.29, 0.717) is 0 Å². The van der Waals surface area contributed by atoms with Gasteiger partial charge in [0.15, 0.2) is 0 Å². The Balaban J connectivity index is 0.000000115. The molecule has 0 nitrogen and oxygen atoms in total. The van der Waals surface area contributed by atoms with E-state index in [0.717, 1.165) is 0 Å². The minimum Gasteiger partial charge on any atom is -0.0622 e. The van der Waals surface area contributed by atoms with Gasteiger partial charge in [-0.2, -0.15) is 0 Å². The van der Waals surface area contributed by atoms with Crippen LogP contribution in [0.3, 0.4) is 0 Å². The fourth-order valence-corrected chi connectivity index (χ4v) is 16.6. The van der Waals surface area contributed by atoms with E-state index in [9.17, 15) is 0 Å². The van der Waals surface area contributed by atoms with Gasteiger partial charge in [0.25, 0.3) is 0 Å². The van der Waals surface area contributed by atoms with Crippen LogP contribution in [0.1, 0.15) is 27.8 Å². The van der Waals surface area contributed by atoms with Crippen LogP contribution in [0.2, 0.25) is 0 Å². The molecule has 20 aromatic carbocycles. The van der Waals surface area contributed by atoms with Crippen LogP contribution in [-0.2, 0) is 0 Å². The molecule has 0 spiro atoms. The first kappa shape index (κ1) is 83.1. The molecule has 20 aromatic rings. The minimum absolute atomic E-state index is 1.25. The average Bonchev–Trinajstić information content (AvgIpc) is 0.795. The summed E-state index contributed by atoms with van der Waals surface area (Å²) in [4.78, 5) is 0. The molecular weight excluding hydrogens is 1500 g/mol. The molecule has 0 N–H and O–H groups in total. The van der Waals surface area contributed by atoms with E-state index in [-0.39, 0.29) is 0 Å². The fraction of sp³-hybridized carbons (Fsp3) is 0.0400. The molecule has 0 aromatic heterocycles.